The van der Waals surface area contributed by atoms with Crippen molar-refractivity contribution in [2.24, 2.45) is 7.05 Å². The quantitative estimate of drug-likeness (QED) is 0.314. The summed E-state index contributed by atoms with van der Waals surface area (Å²) in [6.45, 7) is -0.504. The number of amides is 1. The smallest absolute Gasteiger partial charge is 0.340 e. The van der Waals surface area contributed by atoms with E-state index in [2.05, 4.69) is 20.8 Å². The zero-order valence-electron chi connectivity index (χ0n) is 17.6. The van der Waals surface area contributed by atoms with Crippen LogP contribution < -0.4 is 5.32 Å². The van der Waals surface area contributed by atoms with Crippen molar-refractivity contribution >= 4 is 29.3 Å². The topological polar surface area (TPSA) is 142 Å². The SMILES string of the molecule is Cn1nnnc1Sc1ccc([N+](=O)[O-])cc1C(=O)OCC(=O)N[C@@H]1CCCc2ccccc21. The lowest BCUT2D eigenvalue weighted by Crippen LogP contribution is -2.34. The largest absolute Gasteiger partial charge is 0.452 e. The number of rotatable bonds is 7. The molecule has 1 amide bonds. The molecule has 170 valence electrons. The van der Waals surface area contributed by atoms with E-state index in [0.717, 1.165) is 42.7 Å². The molecule has 3 aromatic rings. The second-order valence-electron chi connectivity index (χ2n) is 7.41. The minimum Gasteiger partial charge on any atom is -0.452 e. The van der Waals surface area contributed by atoms with Crippen molar-refractivity contribution in [1.82, 2.24) is 25.5 Å². The molecule has 1 aliphatic rings. The van der Waals surface area contributed by atoms with Gasteiger partial charge < -0.3 is 10.1 Å². The molecule has 1 aromatic heterocycles. The van der Waals surface area contributed by atoms with Crippen molar-refractivity contribution in [2.45, 2.75) is 35.4 Å². The van der Waals surface area contributed by atoms with E-state index in [9.17, 15) is 19.7 Å². The number of carbonyl (C=O) groups is 2. The maximum absolute atomic E-state index is 12.8. The number of hydrogen-bond donors (Lipinski definition) is 1. The molecular weight excluding hydrogens is 448 g/mol. The lowest BCUT2D eigenvalue weighted by atomic mass is 9.88. The number of nitrogens with zero attached hydrogens (tertiary/aromatic N) is 5. The summed E-state index contributed by atoms with van der Waals surface area (Å²) >= 11 is 1.05. The van der Waals surface area contributed by atoms with Crippen LogP contribution in [0.25, 0.3) is 0 Å². The minimum atomic E-state index is -0.851. The van der Waals surface area contributed by atoms with Gasteiger partial charge in [-0.15, -0.1) is 5.10 Å². The van der Waals surface area contributed by atoms with E-state index in [1.165, 1.54) is 22.4 Å². The van der Waals surface area contributed by atoms with Gasteiger partial charge in [0.2, 0.25) is 5.16 Å². The standard InChI is InChI=1S/C21H20N6O5S/c1-26-21(23-24-25-26)33-18-10-9-14(27(30)31)11-16(18)20(29)32-12-19(28)22-17-8-4-6-13-5-2-3-7-15(13)17/h2-3,5,7,9-11,17H,4,6,8,12H2,1H3,(H,22,28)/t17-/m1/s1. The highest BCUT2D eigenvalue weighted by atomic mass is 32.2. The monoisotopic (exact) mass is 468 g/mol. The van der Waals surface area contributed by atoms with Gasteiger partial charge in [-0.1, -0.05) is 24.3 Å². The van der Waals surface area contributed by atoms with E-state index < -0.39 is 23.4 Å². The first-order valence-corrected chi connectivity index (χ1v) is 11.0. The summed E-state index contributed by atoms with van der Waals surface area (Å²) in [5.41, 5.74) is 1.94. The number of nitrogens with one attached hydrogen (secondary N) is 1. The average Bonchev–Trinajstić information content (AvgIpc) is 3.22. The Morgan fingerprint density at radius 3 is 2.88 bits per heavy atom. The number of non-ortho nitro benzene ring substituents is 1. The first kappa shape index (κ1) is 22.4. The molecule has 1 N–H and O–H groups in total. The number of carbonyl (C=O) groups excluding carboxylic acids is 2. The number of ether oxygens (including phenoxy) is 1. The predicted molar refractivity (Wildman–Crippen MR) is 117 cm³/mol. The van der Waals surface area contributed by atoms with Crippen molar-refractivity contribution < 1.29 is 19.2 Å². The fraction of sp³-hybridized carbons (Fsp3) is 0.286. The number of hydrogen-bond acceptors (Lipinski definition) is 9. The number of fused-ring (bicyclic) bond motifs is 1. The lowest BCUT2D eigenvalue weighted by molar-refractivity contribution is -0.384. The first-order valence-electron chi connectivity index (χ1n) is 10.2. The van der Waals surface area contributed by atoms with Crippen LogP contribution in [0.3, 0.4) is 0 Å². The minimum absolute atomic E-state index is 0.0481. The maximum Gasteiger partial charge on any atom is 0.340 e. The van der Waals surface area contributed by atoms with Crippen LogP contribution in [0.1, 0.15) is 40.4 Å². The Hall–Kier alpha value is -3.80. The molecule has 0 fully saturated rings. The van der Waals surface area contributed by atoms with Crippen molar-refractivity contribution in [3.05, 3.63) is 69.3 Å². The summed E-state index contributed by atoms with van der Waals surface area (Å²) in [6.07, 6.45) is 2.72. The number of aryl methyl sites for hydroxylation is 2. The number of nitro benzene ring substituents is 1. The summed E-state index contributed by atoms with van der Waals surface area (Å²) in [6, 6.07) is 11.6. The molecule has 0 saturated carbocycles. The molecule has 1 atom stereocenters. The van der Waals surface area contributed by atoms with Crippen LogP contribution >= 0.6 is 11.8 Å². The normalized spacial score (nSPS) is 14.9. The summed E-state index contributed by atoms with van der Waals surface area (Å²) < 4.78 is 6.60. The van der Waals surface area contributed by atoms with Crippen LogP contribution in [0.4, 0.5) is 5.69 Å². The van der Waals surface area contributed by atoms with E-state index in [1.807, 2.05) is 24.3 Å². The number of aromatic nitrogens is 4. The van der Waals surface area contributed by atoms with Gasteiger partial charge in [0.05, 0.1) is 16.5 Å². The Balaban J connectivity index is 1.45. The molecule has 0 radical (unpaired) electrons. The highest BCUT2D eigenvalue weighted by Crippen LogP contribution is 2.32. The zero-order chi connectivity index (χ0) is 23.4. The van der Waals surface area contributed by atoms with Gasteiger partial charge in [-0.05, 0) is 58.6 Å². The van der Waals surface area contributed by atoms with Gasteiger partial charge >= 0.3 is 5.97 Å². The number of tetrazole rings is 1. The molecule has 0 saturated heterocycles. The Kier molecular flexibility index (Phi) is 6.63. The van der Waals surface area contributed by atoms with E-state index >= 15 is 0 Å². The fourth-order valence-corrected chi connectivity index (χ4v) is 4.47. The van der Waals surface area contributed by atoms with E-state index in [1.54, 1.807) is 7.05 Å². The second-order valence-corrected chi connectivity index (χ2v) is 8.42. The molecule has 33 heavy (non-hydrogen) atoms. The molecule has 4 rings (SSSR count). The van der Waals surface area contributed by atoms with Crippen LogP contribution in [-0.2, 0) is 23.0 Å². The second kappa shape index (κ2) is 9.77. The Morgan fingerprint density at radius 2 is 2.12 bits per heavy atom. The lowest BCUT2D eigenvalue weighted by Gasteiger charge is -2.26. The molecule has 0 aliphatic heterocycles. The van der Waals surface area contributed by atoms with Gasteiger partial charge in [0.1, 0.15) is 0 Å². The number of benzene rings is 2. The van der Waals surface area contributed by atoms with Gasteiger partial charge in [-0.2, -0.15) is 0 Å². The fourth-order valence-electron chi connectivity index (χ4n) is 3.63. The molecule has 0 spiro atoms. The molecule has 11 nitrogen and oxygen atoms in total. The first-order chi connectivity index (χ1) is 15.9. The Bertz CT molecular complexity index is 1210. The third kappa shape index (κ3) is 5.17. The van der Waals surface area contributed by atoms with Crippen LogP contribution in [-0.4, -0.2) is 43.6 Å². The summed E-state index contributed by atoms with van der Waals surface area (Å²) in [5.74, 6) is -1.29. The molecule has 1 aliphatic carbocycles. The molecule has 0 unspecified atom stereocenters. The maximum atomic E-state index is 12.8. The van der Waals surface area contributed by atoms with E-state index in [0.29, 0.717) is 10.1 Å². The van der Waals surface area contributed by atoms with Crippen molar-refractivity contribution in [3.8, 4) is 0 Å². The molecular formula is C21H20N6O5S. The average molecular weight is 468 g/mol. The molecule has 1 heterocycles. The van der Waals surface area contributed by atoms with E-state index in [4.69, 9.17) is 4.74 Å². The van der Waals surface area contributed by atoms with Gasteiger partial charge in [0.25, 0.3) is 11.6 Å². The van der Waals surface area contributed by atoms with Crippen LogP contribution in [0.5, 0.6) is 0 Å². The highest BCUT2D eigenvalue weighted by Gasteiger charge is 2.24. The van der Waals surface area contributed by atoms with Gasteiger partial charge in [0, 0.05) is 24.1 Å². The summed E-state index contributed by atoms with van der Waals surface area (Å²) in [5, 5.41) is 25.6. The molecule has 0 bridgehead atoms. The summed E-state index contributed by atoms with van der Waals surface area (Å²) in [4.78, 5) is 36.2. The van der Waals surface area contributed by atoms with Crippen LogP contribution in [0.15, 0.2) is 52.5 Å². The van der Waals surface area contributed by atoms with Crippen molar-refractivity contribution in [1.29, 1.82) is 0 Å². The number of nitro groups is 1. The predicted octanol–water partition coefficient (Wildman–Crippen LogP) is 2.62. The number of esters is 1. The zero-order valence-corrected chi connectivity index (χ0v) is 18.4. The van der Waals surface area contributed by atoms with Gasteiger partial charge in [0.15, 0.2) is 6.61 Å². The Morgan fingerprint density at radius 1 is 1.30 bits per heavy atom. The van der Waals surface area contributed by atoms with Gasteiger partial charge in [-0.25, -0.2) is 9.48 Å². The van der Waals surface area contributed by atoms with E-state index in [-0.39, 0.29) is 17.3 Å². The van der Waals surface area contributed by atoms with Gasteiger partial charge in [-0.3, -0.25) is 14.9 Å². The highest BCUT2D eigenvalue weighted by molar-refractivity contribution is 7.99. The molecule has 2 aromatic carbocycles. The molecule has 12 heteroatoms. The third-order valence-corrected chi connectivity index (χ3v) is 6.32. The third-order valence-electron chi connectivity index (χ3n) is 5.22. The Labute approximate surface area is 192 Å². The van der Waals surface area contributed by atoms with Crippen molar-refractivity contribution in [2.75, 3.05) is 6.61 Å². The van der Waals surface area contributed by atoms with Crippen LogP contribution in [0.2, 0.25) is 0 Å². The summed E-state index contributed by atoms with van der Waals surface area (Å²) in [7, 11) is 1.62. The van der Waals surface area contributed by atoms with Crippen LogP contribution in [0, 0.1) is 10.1 Å². The van der Waals surface area contributed by atoms with Crippen molar-refractivity contribution in [3.63, 3.8) is 0 Å².